The van der Waals surface area contributed by atoms with Gasteiger partial charge in [0.05, 0.1) is 29.6 Å². The standard InChI is InChI=1S/C22H18N2O4/c1-14-9-18-17(12-24(13-27-18)11-16-6-4-8-26-16)22-20(14)21(25)19(28-22)10-15-5-2-3-7-23-15/h2-10H,11-13H2,1H3/b19-10-. The molecule has 0 atom stereocenters. The molecular weight excluding hydrogens is 356 g/mol. The van der Waals surface area contributed by atoms with Crippen molar-refractivity contribution in [3.63, 3.8) is 0 Å². The highest BCUT2D eigenvalue weighted by Crippen LogP contribution is 2.44. The Labute approximate surface area is 162 Å². The van der Waals surface area contributed by atoms with Gasteiger partial charge in [0.2, 0.25) is 5.78 Å². The molecule has 6 nitrogen and oxygen atoms in total. The van der Waals surface area contributed by atoms with E-state index in [4.69, 9.17) is 13.9 Å². The second-order valence-corrected chi connectivity index (χ2v) is 6.91. The second kappa shape index (κ2) is 6.65. The molecule has 28 heavy (non-hydrogen) atoms. The zero-order valence-electron chi connectivity index (χ0n) is 15.3. The van der Waals surface area contributed by atoms with Crippen LogP contribution in [0.25, 0.3) is 6.08 Å². The summed E-state index contributed by atoms with van der Waals surface area (Å²) < 4.78 is 17.4. The Balaban J connectivity index is 1.49. The number of allylic oxidation sites excluding steroid dienone is 1. The van der Waals surface area contributed by atoms with Crippen LogP contribution in [0.4, 0.5) is 0 Å². The first-order chi connectivity index (χ1) is 13.7. The first-order valence-corrected chi connectivity index (χ1v) is 9.08. The molecule has 2 aromatic heterocycles. The molecule has 2 aliphatic heterocycles. The predicted molar refractivity (Wildman–Crippen MR) is 102 cm³/mol. The van der Waals surface area contributed by atoms with E-state index in [-0.39, 0.29) is 11.5 Å². The number of carbonyl (C=O) groups is 1. The molecular formula is C22H18N2O4. The van der Waals surface area contributed by atoms with Gasteiger partial charge in [-0.1, -0.05) is 6.07 Å². The number of hydrogen-bond donors (Lipinski definition) is 0. The van der Waals surface area contributed by atoms with Gasteiger partial charge in [0, 0.05) is 18.8 Å². The number of hydrogen-bond acceptors (Lipinski definition) is 6. The fourth-order valence-electron chi connectivity index (χ4n) is 3.60. The number of benzene rings is 1. The summed E-state index contributed by atoms with van der Waals surface area (Å²) in [5, 5.41) is 0. The zero-order chi connectivity index (χ0) is 19.1. The number of aromatic nitrogens is 1. The molecule has 3 aromatic rings. The number of aryl methyl sites for hydroxylation is 1. The van der Waals surface area contributed by atoms with E-state index >= 15 is 0 Å². The third-order valence-electron chi connectivity index (χ3n) is 4.91. The van der Waals surface area contributed by atoms with Gasteiger partial charge in [0.25, 0.3) is 0 Å². The molecule has 0 bridgehead atoms. The van der Waals surface area contributed by atoms with Gasteiger partial charge < -0.3 is 13.9 Å². The van der Waals surface area contributed by atoms with E-state index in [0.717, 1.165) is 22.6 Å². The third kappa shape index (κ3) is 2.88. The average Bonchev–Trinajstić information content (AvgIpc) is 3.32. The molecule has 0 N–H and O–H groups in total. The fraction of sp³-hybridized carbons (Fsp3) is 0.182. The lowest BCUT2D eigenvalue weighted by molar-refractivity contribution is 0.0809. The number of pyridine rings is 1. The lowest BCUT2D eigenvalue weighted by Gasteiger charge is -2.29. The largest absolute Gasteiger partial charge is 0.478 e. The molecule has 0 amide bonds. The molecule has 4 heterocycles. The third-order valence-corrected chi connectivity index (χ3v) is 4.91. The van der Waals surface area contributed by atoms with Crippen LogP contribution in [-0.2, 0) is 13.1 Å². The molecule has 140 valence electrons. The first kappa shape index (κ1) is 16.8. The van der Waals surface area contributed by atoms with E-state index < -0.39 is 0 Å². The summed E-state index contributed by atoms with van der Waals surface area (Å²) in [6.07, 6.45) is 5.02. The van der Waals surface area contributed by atoms with Crippen molar-refractivity contribution in [2.75, 3.05) is 6.73 Å². The van der Waals surface area contributed by atoms with Crippen molar-refractivity contribution in [1.29, 1.82) is 0 Å². The summed E-state index contributed by atoms with van der Waals surface area (Å²) >= 11 is 0. The zero-order valence-corrected chi connectivity index (χ0v) is 15.3. The summed E-state index contributed by atoms with van der Waals surface area (Å²) in [5.74, 6) is 2.38. The Morgan fingerprint density at radius 3 is 2.96 bits per heavy atom. The molecule has 2 aliphatic rings. The van der Waals surface area contributed by atoms with Crippen molar-refractivity contribution in [3.05, 3.63) is 82.8 Å². The Morgan fingerprint density at radius 1 is 1.25 bits per heavy atom. The molecule has 0 spiro atoms. The molecule has 1 aromatic carbocycles. The Kier molecular flexibility index (Phi) is 3.98. The maximum atomic E-state index is 13.0. The number of rotatable bonds is 3. The number of Topliss-reactive ketones (excluding diaryl/α,β-unsaturated/α-hetero) is 1. The van der Waals surface area contributed by atoms with Gasteiger partial charge in [-0.25, -0.2) is 0 Å². The average molecular weight is 374 g/mol. The maximum Gasteiger partial charge on any atom is 0.232 e. The number of furan rings is 1. The molecule has 6 heteroatoms. The Bertz CT molecular complexity index is 1070. The number of carbonyl (C=O) groups excluding carboxylic acids is 1. The summed E-state index contributed by atoms with van der Waals surface area (Å²) in [5.41, 5.74) is 3.02. The minimum Gasteiger partial charge on any atom is -0.478 e. The molecule has 0 aliphatic carbocycles. The summed E-state index contributed by atoms with van der Waals surface area (Å²) in [6, 6.07) is 11.3. The van der Waals surface area contributed by atoms with Crippen LogP contribution in [0.5, 0.6) is 11.5 Å². The van der Waals surface area contributed by atoms with E-state index in [2.05, 4.69) is 9.88 Å². The second-order valence-electron chi connectivity index (χ2n) is 6.91. The minimum atomic E-state index is -0.121. The normalized spacial score (nSPS) is 17.2. The van der Waals surface area contributed by atoms with Crippen LogP contribution < -0.4 is 9.47 Å². The van der Waals surface area contributed by atoms with Crippen molar-refractivity contribution < 1.29 is 18.7 Å². The first-order valence-electron chi connectivity index (χ1n) is 9.08. The van der Waals surface area contributed by atoms with Crippen LogP contribution in [0, 0.1) is 6.92 Å². The van der Waals surface area contributed by atoms with E-state index in [1.807, 2.05) is 43.3 Å². The number of ketones is 1. The highest BCUT2D eigenvalue weighted by Gasteiger charge is 2.35. The SMILES string of the molecule is Cc1cc2c(c3c1C(=O)/C(=C/c1ccccn1)O3)CN(Cc1ccco1)CO2. The molecule has 5 rings (SSSR count). The molecule has 0 unspecified atom stereocenters. The van der Waals surface area contributed by atoms with Crippen LogP contribution in [0.2, 0.25) is 0 Å². The van der Waals surface area contributed by atoms with Gasteiger partial charge in [-0.05, 0) is 42.8 Å². The van der Waals surface area contributed by atoms with Gasteiger partial charge in [0.1, 0.15) is 24.0 Å². The van der Waals surface area contributed by atoms with Gasteiger partial charge in [-0.3, -0.25) is 14.7 Å². The number of ether oxygens (including phenoxy) is 2. The summed E-state index contributed by atoms with van der Waals surface area (Å²) in [6.45, 7) is 3.60. The predicted octanol–water partition coefficient (Wildman–Crippen LogP) is 3.95. The van der Waals surface area contributed by atoms with E-state index in [1.165, 1.54) is 0 Å². The summed E-state index contributed by atoms with van der Waals surface area (Å²) in [4.78, 5) is 19.3. The molecule has 0 fully saturated rings. The molecule has 0 radical (unpaired) electrons. The van der Waals surface area contributed by atoms with Crippen molar-refractivity contribution in [2.45, 2.75) is 20.0 Å². The van der Waals surface area contributed by atoms with E-state index in [1.54, 1.807) is 18.5 Å². The van der Waals surface area contributed by atoms with Crippen LogP contribution in [0.1, 0.15) is 32.9 Å². The summed E-state index contributed by atoms with van der Waals surface area (Å²) in [7, 11) is 0. The van der Waals surface area contributed by atoms with Crippen molar-refractivity contribution in [2.24, 2.45) is 0 Å². The maximum absolute atomic E-state index is 13.0. The number of nitrogens with zero attached hydrogens (tertiary/aromatic N) is 2. The van der Waals surface area contributed by atoms with Gasteiger partial charge >= 0.3 is 0 Å². The lowest BCUT2D eigenvalue weighted by Crippen LogP contribution is -2.31. The lowest BCUT2D eigenvalue weighted by atomic mass is 9.99. The fourth-order valence-corrected chi connectivity index (χ4v) is 3.60. The number of fused-ring (bicyclic) bond motifs is 3. The van der Waals surface area contributed by atoms with Crippen LogP contribution in [0.3, 0.4) is 0 Å². The monoisotopic (exact) mass is 374 g/mol. The van der Waals surface area contributed by atoms with E-state index in [0.29, 0.717) is 36.8 Å². The minimum absolute atomic E-state index is 0.121. The van der Waals surface area contributed by atoms with Crippen molar-refractivity contribution >= 4 is 11.9 Å². The Hall–Kier alpha value is -3.38. The molecule has 0 saturated carbocycles. The smallest absolute Gasteiger partial charge is 0.232 e. The van der Waals surface area contributed by atoms with Crippen LogP contribution in [-0.4, -0.2) is 22.4 Å². The van der Waals surface area contributed by atoms with Gasteiger partial charge in [-0.2, -0.15) is 0 Å². The highest BCUT2D eigenvalue weighted by atomic mass is 16.5. The quantitative estimate of drug-likeness (QED) is 0.647. The van der Waals surface area contributed by atoms with Crippen molar-refractivity contribution in [3.8, 4) is 11.5 Å². The molecule has 0 saturated heterocycles. The highest BCUT2D eigenvalue weighted by molar-refractivity contribution is 6.15. The van der Waals surface area contributed by atoms with Gasteiger partial charge in [0.15, 0.2) is 5.76 Å². The van der Waals surface area contributed by atoms with E-state index in [9.17, 15) is 4.79 Å². The van der Waals surface area contributed by atoms with Crippen LogP contribution in [0.15, 0.2) is 59.0 Å². The van der Waals surface area contributed by atoms with Crippen LogP contribution >= 0.6 is 0 Å². The van der Waals surface area contributed by atoms with Gasteiger partial charge in [-0.15, -0.1) is 0 Å². The van der Waals surface area contributed by atoms with Crippen molar-refractivity contribution in [1.82, 2.24) is 9.88 Å². The Morgan fingerprint density at radius 2 is 2.18 bits per heavy atom. The topological polar surface area (TPSA) is 64.8 Å².